The Labute approximate surface area is 127 Å². The fourth-order valence-corrected chi connectivity index (χ4v) is 4.93. The largest absolute Gasteiger partial charge is 0.392 e. The molecular weight excluding hydrogens is 286 g/mol. The third-order valence-electron chi connectivity index (χ3n) is 4.13. The Balaban J connectivity index is 2.20. The van der Waals surface area contributed by atoms with Gasteiger partial charge < -0.3 is 10.4 Å². The molecule has 5 heteroatoms. The van der Waals surface area contributed by atoms with Crippen molar-refractivity contribution in [3.63, 3.8) is 0 Å². The predicted octanol–water partition coefficient (Wildman–Crippen LogP) is 2.05. The SMILES string of the molecule is Cc1ccc(S(=O)(=O)[C@@H]2CCCC[C@H]2NC[C@@H](C)O)cc1. The number of benzene rings is 1. The number of aliphatic hydroxyl groups excluding tert-OH is 1. The second kappa shape index (κ2) is 6.90. The molecule has 118 valence electrons. The fourth-order valence-electron chi connectivity index (χ4n) is 2.93. The lowest BCUT2D eigenvalue weighted by Gasteiger charge is -2.32. The average molecular weight is 311 g/mol. The summed E-state index contributed by atoms with van der Waals surface area (Å²) in [5.74, 6) is 0. The standard InChI is InChI=1S/C16H25NO3S/c1-12-7-9-14(10-8-12)21(19,20)16-6-4-3-5-15(16)17-11-13(2)18/h7-10,13,15-18H,3-6,11H2,1-2H3/t13-,15-,16-/m1/s1. The maximum atomic E-state index is 12.9. The zero-order chi connectivity index (χ0) is 15.5. The third kappa shape index (κ3) is 4.05. The number of nitrogens with one attached hydrogen (secondary N) is 1. The van der Waals surface area contributed by atoms with Gasteiger partial charge in [0.15, 0.2) is 9.84 Å². The van der Waals surface area contributed by atoms with Crippen molar-refractivity contribution in [3.8, 4) is 0 Å². The van der Waals surface area contributed by atoms with E-state index in [0.29, 0.717) is 17.9 Å². The number of rotatable bonds is 5. The van der Waals surface area contributed by atoms with Gasteiger partial charge in [0.2, 0.25) is 0 Å². The van der Waals surface area contributed by atoms with Gasteiger partial charge in [-0.25, -0.2) is 8.42 Å². The van der Waals surface area contributed by atoms with E-state index in [9.17, 15) is 13.5 Å². The molecule has 1 saturated carbocycles. The van der Waals surface area contributed by atoms with Crippen molar-refractivity contribution >= 4 is 9.84 Å². The Kier molecular flexibility index (Phi) is 5.41. The Morgan fingerprint density at radius 3 is 2.48 bits per heavy atom. The van der Waals surface area contributed by atoms with E-state index < -0.39 is 21.2 Å². The summed E-state index contributed by atoms with van der Waals surface area (Å²) >= 11 is 0. The van der Waals surface area contributed by atoms with E-state index >= 15 is 0 Å². The molecule has 0 bridgehead atoms. The van der Waals surface area contributed by atoms with Crippen LogP contribution in [-0.2, 0) is 9.84 Å². The summed E-state index contributed by atoms with van der Waals surface area (Å²) in [5, 5.41) is 12.2. The second-order valence-corrected chi connectivity index (χ2v) is 8.21. The Morgan fingerprint density at radius 2 is 1.86 bits per heavy atom. The highest BCUT2D eigenvalue weighted by Gasteiger charge is 2.36. The summed E-state index contributed by atoms with van der Waals surface area (Å²) in [6.07, 6.45) is 3.06. The predicted molar refractivity (Wildman–Crippen MR) is 84.1 cm³/mol. The van der Waals surface area contributed by atoms with E-state index in [-0.39, 0.29) is 6.04 Å². The first-order valence-electron chi connectivity index (χ1n) is 7.63. The minimum absolute atomic E-state index is 0.0698. The number of hydrogen-bond donors (Lipinski definition) is 2. The lowest BCUT2D eigenvalue weighted by atomic mass is 9.95. The van der Waals surface area contributed by atoms with Crippen molar-refractivity contribution < 1.29 is 13.5 Å². The third-order valence-corrected chi connectivity index (χ3v) is 6.42. The molecule has 2 N–H and O–H groups in total. The molecule has 1 aromatic carbocycles. The van der Waals surface area contributed by atoms with Crippen LogP contribution in [-0.4, -0.2) is 37.5 Å². The van der Waals surface area contributed by atoms with Crippen LogP contribution in [0, 0.1) is 6.92 Å². The van der Waals surface area contributed by atoms with Crippen molar-refractivity contribution in [1.29, 1.82) is 0 Å². The summed E-state index contributed by atoms with van der Waals surface area (Å²) in [6, 6.07) is 7.01. The van der Waals surface area contributed by atoms with Crippen molar-refractivity contribution in [2.24, 2.45) is 0 Å². The first-order chi connectivity index (χ1) is 9.91. The highest BCUT2D eigenvalue weighted by atomic mass is 32.2. The van der Waals surface area contributed by atoms with Gasteiger partial charge in [-0.15, -0.1) is 0 Å². The van der Waals surface area contributed by atoms with Crippen molar-refractivity contribution in [2.45, 2.75) is 61.8 Å². The van der Waals surface area contributed by atoms with Crippen LogP contribution in [0.1, 0.15) is 38.2 Å². The van der Waals surface area contributed by atoms with Crippen LogP contribution in [0.5, 0.6) is 0 Å². The molecule has 0 radical (unpaired) electrons. The highest BCUT2D eigenvalue weighted by molar-refractivity contribution is 7.92. The zero-order valence-corrected chi connectivity index (χ0v) is 13.6. The molecule has 4 nitrogen and oxygen atoms in total. The molecule has 0 aliphatic heterocycles. The summed E-state index contributed by atoms with van der Waals surface area (Å²) in [7, 11) is -3.32. The molecule has 0 unspecified atom stereocenters. The minimum Gasteiger partial charge on any atom is -0.392 e. The van der Waals surface area contributed by atoms with Crippen LogP contribution in [0.4, 0.5) is 0 Å². The van der Waals surface area contributed by atoms with Gasteiger partial charge in [0.1, 0.15) is 0 Å². The molecule has 2 rings (SSSR count). The van der Waals surface area contributed by atoms with Crippen LogP contribution in [0.3, 0.4) is 0 Å². The molecule has 1 aromatic rings. The van der Waals surface area contributed by atoms with Crippen LogP contribution in [0.25, 0.3) is 0 Å². The van der Waals surface area contributed by atoms with Gasteiger partial charge in [0, 0.05) is 12.6 Å². The molecule has 3 atom stereocenters. The van der Waals surface area contributed by atoms with Crippen LogP contribution in [0.15, 0.2) is 29.2 Å². The van der Waals surface area contributed by atoms with E-state index in [1.54, 1.807) is 19.1 Å². The quantitative estimate of drug-likeness (QED) is 0.873. The van der Waals surface area contributed by atoms with Gasteiger partial charge in [-0.3, -0.25) is 0 Å². The van der Waals surface area contributed by atoms with E-state index in [2.05, 4.69) is 5.32 Å². The zero-order valence-electron chi connectivity index (χ0n) is 12.7. The van der Waals surface area contributed by atoms with Gasteiger partial charge in [-0.05, 0) is 38.8 Å². The van der Waals surface area contributed by atoms with Crippen LogP contribution in [0.2, 0.25) is 0 Å². The monoisotopic (exact) mass is 311 g/mol. The smallest absolute Gasteiger partial charge is 0.182 e. The lowest BCUT2D eigenvalue weighted by Crippen LogP contribution is -2.48. The number of aryl methyl sites for hydroxylation is 1. The van der Waals surface area contributed by atoms with Crippen molar-refractivity contribution in [1.82, 2.24) is 5.32 Å². The Bertz CT molecular complexity index is 551. The maximum absolute atomic E-state index is 12.9. The van der Waals surface area contributed by atoms with Gasteiger partial charge >= 0.3 is 0 Å². The molecule has 1 fully saturated rings. The number of sulfone groups is 1. The summed E-state index contributed by atoms with van der Waals surface area (Å²) in [6.45, 7) is 4.09. The van der Waals surface area contributed by atoms with E-state index in [1.165, 1.54) is 0 Å². The summed E-state index contributed by atoms with van der Waals surface area (Å²) in [4.78, 5) is 0.406. The second-order valence-electron chi connectivity index (χ2n) is 6.04. The summed E-state index contributed by atoms with van der Waals surface area (Å²) < 4.78 is 25.7. The minimum atomic E-state index is -3.32. The van der Waals surface area contributed by atoms with Crippen molar-refractivity contribution in [2.75, 3.05) is 6.54 Å². The van der Waals surface area contributed by atoms with E-state index in [1.807, 2.05) is 19.1 Å². The van der Waals surface area contributed by atoms with Crippen LogP contribution >= 0.6 is 0 Å². The van der Waals surface area contributed by atoms with E-state index in [4.69, 9.17) is 0 Å². The molecule has 21 heavy (non-hydrogen) atoms. The average Bonchev–Trinajstić information content (AvgIpc) is 2.46. The van der Waals surface area contributed by atoms with Crippen molar-refractivity contribution in [3.05, 3.63) is 29.8 Å². The van der Waals surface area contributed by atoms with Gasteiger partial charge in [-0.2, -0.15) is 0 Å². The molecule has 0 saturated heterocycles. The highest BCUT2D eigenvalue weighted by Crippen LogP contribution is 2.29. The normalized spacial score (nSPS) is 24.7. The molecule has 0 aromatic heterocycles. The number of hydrogen-bond acceptors (Lipinski definition) is 4. The first-order valence-corrected chi connectivity index (χ1v) is 9.18. The molecule has 1 aliphatic carbocycles. The van der Waals surface area contributed by atoms with Gasteiger partial charge in [0.25, 0.3) is 0 Å². The van der Waals surface area contributed by atoms with Crippen LogP contribution < -0.4 is 5.32 Å². The Hall–Kier alpha value is -0.910. The molecular formula is C16H25NO3S. The maximum Gasteiger partial charge on any atom is 0.182 e. The van der Waals surface area contributed by atoms with E-state index in [0.717, 1.165) is 24.8 Å². The first kappa shape index (κ1) is 16.5. The van der Waals surface area contributed by atoms with Gasteiger partial charge in [0.05, 0.1) is 16.2 Å². The summed E-state index contributed by atoms with van der Waals surface area (Å²) in [5.41, 5.74) is 1.06. The molecule has 0 heterocycles. The fraction of sp³-hybridized carbons (Fsp3) is 0.625. The van der Waals surface area contributed by atoms with Gasteiger partial charge in [-0.1, -0.05) is 30.5 Å². The molecule has 0 spiro atoms. The number of aliphatic hydroxyl groups is 1. The Morgan fingerprint density at radius 1 is 1.24 bits per heavy atom. The topological polar surface area (TPSA) is 66.4 Å². The lowest BCUT2D eigenvalue weighted by molar-refractivity contribution is 0.181. The molecule has 0 amide bonds. The molecule has 1 aliphatic rings.